The van der Waals surface area contributed by atoms with E-state index >= 15 is 0 Å². The standard InChI is InChI=1S/C19H26N8O2/c20-18(26-8-10-27(11-9-26)19-21-6-1-7-22-19)23-12-14-4-5-15(28-14)17-24-16(25-29-17)13-2-3-13/h1,6-7,13-15H,2-5,8-12H2,(H2,20,23)/t14-,15+/m1/s1. The summed E-state index contributed by atoms with van der Waals surface area (Å²) >= 11 is 0. The smallest absolute Gasteiger partial charge is 0.255 e. The largest absolute Gasteiger partial charge is 0.370 e. The Labute approximate surface area is 169 Å². The molecule has 2 atom stereocenters. The zero-order valence-corrected chi connectivity index (χ0v) is 16.4. The molecule has 154 valence electrons. The molecule has 1 aliphatic carbocycles. The number of nitrogens with two attached hydrogens (primary N) is 1. The monoisotopic (exact) mass is 398 g/mol. The third-order valence-electron chi connectivity index (χ3n) is 5.68. The summed E-state index contributed by atoms with van der Waals surface area (Å²) in [5, 5.41) is 4.08. The van der Waals surface area contributed by atoms with Gasteiger partial charge in [0.2, 0.25) is 5.95 Å². The molecule has 5 rings (SSSR count). The van der Waals surface area contributed by atoms with Crippen molar-refractivity contribution in [1.82, 2.24) is 25.0 Å². The average Bonchev–Trinajstić information content (AvgIpc) is 3.31. The maximum absolute atomic E-state index is 6.23. The Morgan fingerprint density at radius 2 is 1.90 bits per heavy atom. The number of rotatable bonds is 5. The molecule has 0 bridgehead atoms. The minimum absolute atomic E-state index is 0.0360. The van der Waals surface area contributed by atoms with Crippen LogP contribution in [0.4, 0.5) is 5.95 Å². The molecule has 3 fully saturated rings. The molecule has 4 heterocycles. The number of hydrogen-bond acceptors (Lipinski definition) is 8. The number of piperazine rings is 1. The summed E-state index contributed by atoms with van der Waals surface area (Å²) in [6, 6.07) is 1.82. The number of hydrogen-bond donors (Lipinski definition) is 1. The highest BCUT2D eigenvalue weighted by atomic mass is 16.5. The number of guanidine groups is 1. The lowest BCUT2D eigenvalue weighted by molar-refractivity contribution is 0.0308. The van der Waals surface area contributed by atoms with Gasteiger partial charge >= 0.3 is 0 Å². The van der Waals surface area contributed by atoms with Gasteiger partial charge in [0.25, 0.3) is 5.89 Å². The maximum Gasteiger partial charge on any atom is 0.255 e. The van der Waals surface area contributed by atoms with Crippen molar-refractivity contribution >= 4 is 11.9 Å². The van der Waals surface area contributed by atoms with Crippen LogP contribution in [0.3, 0.4) is 0 Å². The Morgan fingerprint density at radius 1 is 1.10 bits per heavy atom. The number of ether oxygens (including phenoxy) is 1. The Kier molecular flexibility index (Phi) is 5.01. The fourth-order valence-electron chi connectivity index (χ4n) is 3.79. The van der Waals surface area contributed by atoms with E-state index in [0.717, 1.165) is 63.6 Å². The van der Waals surface area contributed by atoms with E-state index in [2.05, 4.69) is 34.9 Å². The van der Waals surface area contributed by atoms with E-state index in [0.29, 0.717) is 24.3 Å². The van der Waals surface area contributed by atoms with Crippen LogP contribution in [0.15, 0.2) is 28.0 Å². The third-order valence-corrected chi connectivity index (χ3v) is 5.68. The number of anilines is 1. The quantitative estimate of drug-likeness (QED) is 0.583. The van der Waals surface area contributed by atoms with Crippen molar-refractivity contribution in [3.8, 4) is 0 Å². The normalized spacial score (nSPS) is 25.6. The van der Waals surface area contributed by atoms with Crippen LogP contribution in [0.25, 0.3) is 0 Å². The number of nitrogens with zero attached hydrogens (tertiary/aromatic N) is 7. The van der Waals surface area contributed by atoms with Crippen molar-refractivity contribution in [3.05, 3.63) is 30.2 Å². The molecule has 29 heavy (non-hydrogen) atoms. The highest BCUT2D eigenvalue weighted by Crippen LogP contribution is 2.39. The second kappa shape index (κ2) is 7.94. The highest BCUT2D eigenvalue weighted by molar-refractivity contribution is 5.78. The first kappa shape index (κ1) is 18.3. The van der Waals surface area contributed by atoms with E-state index in [1.165, 1.54) is 0 Å². The van der Waals surface area contributed by atoms with Crippen molar-refractivity contribution in [3.63, 3.8) is 0 Å². The lowest BCUT2D eigenvalue weighted by atomic mass is 10.2. The van der Waals surface area contributed by atoms with E-state index in [9.17, 15) is 0 Å². The first-order valence-electron chi connectivity index (χ1n) is 10.3. The minimum Gasteiger partial charge on any atom is -0.370 e. The van der Waals surface area contributed by atoms with Crippen LogP contribution in [0.1, 0.15) is 49.4 Å². The highest BCUT2D eigenvalue weighted by Gasteiger charge is 2.34. The second-order valence-corrected chi connectivity index (χ2v) is 7.81. The van der Waals surface area contributed by atoms with Gasteiger partial charge in [0.1, 0.15) is 6.10 Å². The van der Waals surface area contributed by atoms with Gasteiger partial charge in [0.05, 0.1) is 12.6 Å². The van der Waals surface area contributed by atoms with Crippen LogP contribution in [-0.2, 0) is 4.74 Å². The van der Waals surface area contributed by atoms with Crippen molar-refractivity contribution < 1.29 is 9.26 Å². The molecule has 10 heteroatoms. The predicted octanol–water partition coefficient (Wildman–Crippen LogP) is 1.09. The molecule has 0 amide bonds. The SMILES string of the molecule is NC(=NC[C@H]1CC[C@@H](c2nc(C3CC3)no2)O1)N1CCN(c2ncccn2)CC1. The van der Waals surface area contributed by atoms with Gasteiger partial charge in [-0.1, -0.05) is 5.16 Å². The van der Waals surface area contributed by atoms with Crippen molar-refractivity contribution in [2.24, 2.45) is 10.7 Å². The molecule has 2 aromatic rings. The summed E-state index contributed by atoms with van der Waals surface area (Å²) in [5.41, 5.74) is 6.23. The molecule has 0 spiro atoms. The van der Waals surface area contributed by atoms with Gasteiger partial charge in [-0.3, -0.25) is 4.99 Å². The minimum atomic E-state index is -0.120. The van der Waals surface area contributed by atoms with E-state index < -0.39 is 0 Å². The van der Waals surface area contributed by atoms with Crippen molar-refractivity contribution in [2.75, 3.05) is 37.6 Å². The summed E-state index contributed by atoms with van der Waals surface area (Å²) in [4.78, 5) is 22.0. The molecule has 2 aromatic heterocycles. The number of aliphatic imine (C=N–C) groups is 1. The van der Waals surface area contributed by atoms with Crippen LogP contribution in [-0.4, -0.2) is 69.8 Å². The summed E-state index contributed by atoms with van der Waals surface area (Å²) in [6.07, 6.45) is 7.56. The van der Waals surface area contributed by atoms with Crippen LogP contribution in [0.5, 0.6) is 0 Å². The Hall–Kier alpha value is -2.75. The van der Waals surface area contributed by atoms with Crippen LogP contribution >= 0.6 is 0 Å². The Balaban J connectivity index is 1.10. The van der Waals surface area contributed by atoms with E-state index in [4.69, 9.17) is 15.0 Å². The molecule has 0 aromatic carbocycles. The van der Waals surface area contributed by atoms with Gasteiger partial charge in [-0.15, -0.1) is 0 Å². The van der Waals surface area contributed by atoms with Gasteiger partial charge in [-0.25, -0.2) is 9.97 Å². The number of aromatic nitrogens is 4. The molecule has 10 nitrogen and oxygen atoms in total. The summed E-state index contributed by atoms with van der Waals surface area (Å²) in [7, 11) is 0. The molecule has 3 aliphatic rings. The third kappa shape index (κ3) is 4.16. The molecule has 2 saturated heterocycles. The van der Waals surface area contributed by atoms with Crippen LogP contribution < -0.4 is 10.6 Å². The zero-order valence-electron chi connectivity index (χ0n) is 16.4. The zero-order chi connectivity index (χ0) is 19.6. The molecule has 1 saturated carbocycles. The summed E-state index contributed by atoms with van der Waals surface area (Å²) < 4.78 is 11.5. The summed E-state index contributed by atoms with van der Waals surface area (Å²) in [5.74, 6) is 3.25. The molecule has 0 radical (unpaired) electrons. The first-order valence-corrected chi connectivity index (χ1v) is 10.3. The fourth-order valence-corrected chi connectivity index (χ4v) is 3.79. The van der Waals surface area contributed by atoms with Crippen molar-refractivity contribution in [2.45, 2.75) is 43.8 Å². The van der Waals surface area contributed by atoms with E-state index in [1.54, 1.807) is 12.4 Å². The van der Waals surface area contributed by atoms with Crippen LogP contribution in [0.2, 0.25) is 0 Å². The molecule has 0 unspecified atom stereocenters. The fraction of sp³-hybridized carbons (Fsp3) is 0.632. The van der Waals surface area contributed by atoms with Gasteiger partial charge in [0.15, 0.2) is 11.8 Å². The van der Waals surface area contributed by atoms with Crippen molar-refractivity contribution in [1.29, 1.82) is 0 Å². The molecular formula is C19H26N8O2. The van der Waals surface area contributed by atoms with Crippen LogP contribution in [0, 0.1) is 0 Å². The molecule has 2 N–H and O–H groups in total. The summed E-state index contributed by atoms with van der Waals surface area (Å²) in [6.45, 7) is 3.79. The first-order chi connectivity index (χ1) is 14.3. The lowest BCUT2D eigenvalue weighted by Gasteiger charge is -2.35. The predicted molar refractivity (Wildman–Crippen MR) is 105 cm³/mol. The van der Waals surface area contributed by atoms with Gasteiger partial charge in [0, 0.05) is 44.5 Å². The van der Waals surface area contributed by atoms with Gasteiger partial charge in [-0.2, -0.15) is 4.98 Å². The van der Waals surface area contributed by atoms with Gasteiger partial charge < -0.3 is 24.8 Å². The topological polar surface area (TPSA) is 119 Å². The average molecular weight is 398 g/mol. The molecule has 2 aliphatic heterocycles. The van der Waals surface area contributed by atoms with E-state index in [1.807, 2.05) is 6.07 Å². The van der Waals surface area contributed by atoms with Gasteiger partial charge in [-0.05, 0) is 31.7 Å². The Morgan fingerprint density at radius 3 is 2.66 bits per heavy atom. The maximum atomic E-state index is 6.23. The second-order valence-electron chi connectivity index (χ2n) is 7.81. The molecular weight excluding hydrogens is 372 g/mol. The lowest BCUT2D eigenvalue weighted by Crippen LogP contribution is -2.51. The van der Waals surface area contributed by atoms with E-state index in [-0.39, 0.29) is 12.2 Å². The Bertz CT molecular complexity index is 845.